The first kappa shape index (κ1) is 8.89. The maximum atomic E-state index is 5.93. The number of hydrogen-bond acceptors (Lipinski definition) is 1. The molecule has 1 fully saturated rings. The van der Waals surface area contributed by atoms with E-state index in [0.717, 1.165) is 18.0 Å². The molecule has 1 aromatic carbocycles. The molecule has 70 valence electrons. The van der Waals surface area contributed by atoms with E-state index >= 15 is 0 Å². The van der Waals surface area contributed by atoms with Crippen molar-refractivity contribution >= 4 is 17.3 Å². The minimum absolute atomic E-state index is 0.692. The van der Waals surface area contributed by atoms with Crippen LogP contribution in [-0.4, -0.2) is 0 Å². The van der Waals surface area contributed by atoms with Gasteiger partial charge in [0.1, 0.15) is 0 Å². The van der Waals surface area contributed by atoms with E-state index in [1.807, 2.05) is 12.1 Å². The molecule has 0 unspecified atom stereocenters. The molecule has 2 heteroatoms. The Morgan fingerprint density at radius 2 is 2.15 bits per heavy atom. The highest BCUT2D eigenvalue weighted by Crippen LogP contribution is 2.33. The minimum atomic E-state index is 0.692. The van der Waals surface area contributed by atoms with Crippen molar-refractivity contribution in [3.8, 4) is 0 Å². The van der Waals surface area contributed by atoms with E-state index in [2.05, 4.69) is 6.07 Å². The molecule has 1 aliphatic rings. The highest BCUT2D eigenvalue weighted by molar-refractivity contribution is 6.33. The average molecular weight is 196 g/mol. The first-order valence-electron chi connectivity index (χ1n) is 4.80. The Labute approximate surface area is 83.9 Å². The Morgan fingerprint density at radius 3 is 2.77 bits per heavy atom. The molecule has 0 amide bonds. The zero-order valence-corrected chi connectivity index (χ0v) is 8.35. The largest absolute Gasteiger partial charge is 0.397 e. The maximum absolute atomic E-state index is 5.93. The van der Waals surface area contributed by atoms with Crippen molar-refractivity contribution in [2.45, 2.75) is 25.7 Å². The molecule has 0 aliphatic heterocycles. The van der Waals surface area contributed by atoms with Crippen LogP contribution in [0.2, 0.25) is 5.02 Å². The van der Waals surface area contributed by atoms with E-state index in [1.165, 1.54) is 24.8 Å². The Hall–Kier alpha value is -0.690. The molecule has 0 saturated heterocycles. The van der Waals surface area contributed by atoms with E-state index in [9.17, 15) is 0 Å². The van der Waals surface area contributed by atoms with Crippen molar-refractivity contribution in [1.82, 2.24) is 0 Å². The summed E-state index contributed by atoms with van der Waals surface area (Å²) in [6.45, 7) is 0. The molecule has 1 aliphatic carbocycles. The van der Waals surface area contributed by atoms with Crippen LogP contribution >= 0.6 is 11.6 Å². The van der Waals surface area contributed by atoms with E-state index in [1.54, 1.807) is 0 Å². The maximum Gasteiger partial charge on any atom is 0.0638 e. The quantitative estimate of drug-likeness (QED) is 0.721. The molecule has 0 aromatic heterocycles. The van der Waals surface area contributed by atoms with Gasteiger partial charge in [0.15, 0.2) is 0 Å². The summed E-state index contributed by atoms with van der Waals surface area (Å²) >= 11 is 5.93. The Morgan fingerprint density at radius 1 is 1.38 bits per heavy atom. The summed E-state index contributed by atoms with van der Waals surface area (Å²) in [6, 6.07) is 5.91. The zero-order chi connectivity index (χ0) is 9.26. The molecule has 0 atom stereocenters. The minimum Gasteiger partial charge on any atom is -0.397 e. The van der Waals surface area contributed by atoms with Crippen LogP contribution < -0.4 is 5.73 Å². The number of halogens is 1. The molecule has 2 rings (SSSR count). The lowest BCUT2D eigenvalue weighted by Gasteiger charge is -2.25. The van der Waals surface area contributed by atoms with Crippen LogP contribution in [0.3, 0.4) is 0 Å². The van der Waals surface area contributed by atoms with Gasteiger partial charge in [0, 0.05) is 0 Å². The first-order valence-corrected chi connectivity index (χ1v) is 5.18. The van der Waals surface area contributed by atoms with Crippen molar-refractivity contribution in [2.24, 2.45) is 5.92 Å². The second-order valence-electron chi connectivity index (χ2n) is 3.81. The second kappa shape index (κ2) is 3.59. The molecule has 0 radical (unpaired) electrons. The van der Waals surface area contributed by atoms with Crippen LogP contribution in [0.5, 0.6) is 0 Å². The Kier molecular flexibility index (Phi) is 2.45. The van der Waals surface area contributed by atoms with Gasteiger partial charge in [-0.1, -0.05) is 43.0 Å². The SMILES string of the molecule is Nc1c(Cl)cccc1CC1CCC1. The van der Waals surface area contributed by atoms with Gasteiger partial charge in [0.2, 0.25) is 0 Å². The fourth-order valence-electron chi connectivity index (χ4n) is 1.77. The van der Waals surface area contributed by atoms with Gasteiger partial charge >= 0.3 is 0 Å². The van der Waals surface area contributed by atoms with E-state index in [-0.39, 0.29) is 0 Å². The fraction of sp³-hybridized carbons (Fsp3) is 0.455. The molecule has 2 N–H and O–H groups in total. The number of para-hydroxylation sites is 1. The third kappa shape index (κ3) is 1.80. The monoisotopic (exact) mass is 195 g/mol. The molecular formula is C11H14ClN. The Bertz CT molecular complexity index is 305. The third-order valence-corrected chi connectivity index (χ3v) is 3.21. The van der Waals surface area contributed by atoms with Crippen molar-refractivity contribution in [3.63, 3.8) is 0 Å². The molecule has 1 nitrogen and oxygen atoms in total. The van der Waals surface area contributed by atoms with Gasteiger partial charge in [0.05, 0.1) is 10.7 Å². The molecule has 13 heavy (non-hydrogen) atoms. The highest BCUT2D eigenvalue weighted by atomic mass is 35.5. The van der Waals surface area contributed by atoms with Gasteiger partial charge in [-0.2, -0.15) is 0 Å². The number of anilines is 1. The lowest BCUT2D eigenvalue weighted by Crippen LogP contribution is -2.14. The second-order valence-corrected chi connectivity index (χ2v) is 4.22. The average Bonchev–Trinajstić information content (AvgIpc) is 2.04. The summed E-state index contributed by atoms with van der Waals surface area (Å²) in [5.74, 6) is 0.848. The summed E-state index contributed by atoms with van der Waals surface area (Å²) in [6.07, 6.45) is 5.19. The standard InChI is InChI=1S/C11H14ClN/c12-10-6-2-5-9(11(10)13)7-8-3-1-4-8/h2,5-6,8H,1,3-4,7,13H2. The predicted molar refractivity (Wildman–Crippen MR) is 56.9 cm³/mol. The lowest BCUT2D eigenvalue weighted by atomic mass is 9.81. The Balaban J connectivity index is 2.14. The van der Waals surface area contributed by atoms with Crippen molar-refractivity contribution in [2.75, 3.05) is 5.73 Å². The zero-order valence-electron chi connectivity index (χ0n) is 7.59. The molecular weight excluding hydrogens is 182 g/mol. The topological polar surface area (TPSA) is 26.0 Å². The molecule has 0 heterocycles. The number of nitrogen functional groups attached to an aromatic ring is 1. The van der Waals surface area contributed by atoms with Crippen molar-refractivity contribution in [3.05, 3.63) is 28.8 Å². The summed E-state index contributed by atoms with van der Waals surface area (Å²) in [7, 11) is 0. The van der Waals surface area contributed by atoms with Crippen LogP contribution in [0.1, 0.15) is 24.8 Å². The van der Waals surface area contributed by atoms with Crippen LogP contribution in [-0.2, 0) is 6.42 Å². The molecule has 0 spiro atoms. The molecule has 0 bridgehead atoms. The third-order valence-electron chi connectivity index (χ3n) is 2.88. The number of hydrogen-bond donors (Lipinski definition) is 1. The van der Waals surface area contributed by atoms with Gasteiger partial charge in [-0.05, 0) is 24.0 Å². The first-order chi connectivity index (χ1) is 6.27. The van der Waals surface area contributed by atoms with Crippen LogP contribution in [0.4, 0.5) is 5.69 Å². The van der Waals surface area contributed by atoms with Crippen LogP contribution in [0.25, 0.3) is 0 Å². The van der Waals surface area contributed by atoms with Crippen LogP contribution in [0, 0.1) is 5.92 Å². The smallest absolute Gasteiger partial charge is 0.0638 e. The molecule has 1 aromatic rings. The number of nitrogens with two attached hydrogens (primary N) is 1. The summed E-state index contributed by atoms with van der Waals surface area (Å²) in [4.78, 5) is 0. The number of benzene rings is 1. The van der Waals surface area contributed by atoms with Crippen LogP contribution in [0.15, 0.2) is 18.2 Å². The summed E-state index contributed by atoms with van der Waals surface area (Å²) in [5.41, 5.74) is 7.87. The van der Waals surface area contributed by atoms with E-state index in [0.29, 0.717) is 5.02 Å². The van der Waals surface area contributed by atoms with Crippen molar-refractivity contribution in [1.29, 1.82) is 0 Å². The van der Waals surface area contributed by atoms with Gasteiger partial charge in [-0.25, -0.2) is 0 Å². The lowest BCUT2D eigenvalue weighted by molar-refractivity contribution is 0.315. The van der Waals surface area contributed by atoms with Gasteiger partial charge < -0.3 is 5.73 Å². The normalized spacial score (nSPS) is 17.0. The molecule has 1 saturated carbocycles. The highest BCUT2D eigenvalue weighted by Gasteiger charge is 2.18. The predicted octanol–water partition coefficient (Wildman–Crippen LogP) is 3.26. The van der Waals surface area contributed by atoms with E-state index < -0.39 is 0 Å². The van der Waals surface area contributed by atoms with Crippen molar-refractivity contribution < 1.29 is 0 Å². The number of rotatable bonds is 2. The summed E-state index contributed by atoms with van der Waals surface area (Å²) < 4.78 is 0. The van der Waals surface area contributed by atoms with E-state index in [4.69, 9.17) is 17.3 Å². The van der Waals surface area contributed by atoms with Gasteiger partial charge in [-0.15, -0.1) is 0 Å². The van der Waals surface area contributed by atoms with Gasteiger partial charge in [-0.3, -0.25) is 0 Å². The van der Waals surface area contributed by atoms with Gasteiger partial charge in [0.25, 0.3) is 0 Å². The summed E-state index contributed by atoms with van der Waals surface area (Å²) in [5, 5.41) is 0.692. The fourth-order valence-corrected chi connectivity index (χ4v) is 1.96.